The van der Waals surface area contributed by atoms with E-state index in [2.05, 4.69) is 5.10 Å². The molecule has 13 heavy (non-hydrogen) atoms. The van der Waals surface area contributed by atoms with Crippen molar-refractivity contribution < 1.29 is 13.5 Å². The largest absolute Gasteiger partial charge is 0.480 e. The maximum absolute atomic E-state index is 11.8. The van der Waals surface area contributed by atoms with Crippen molar-refractivity contribution in [2.45, 2.75) is 26.3 Å². The molecule has 0 unspecified atom stereocenters. The molecule has 0 aliphatic heterocycles. The Hall–Kier alpha value is -1.13. The summed E-state index contributed by atoms with van der Waals surface area (Å²) in [5.74, 6) is 0.495. The fourth-order valence-electron chi connectivity index (χ4n) is 1.05. The van der Waals surface area contributed by atoms with E-state index in [0.29, 0.717) is 5.88 Å². The highest BCUT2D eigenvalue weighted by Crippen LogP contribution is 2.14. The smallest absolute Gasteiger partial charge is 0.240 e. The molecule has 5 heteroatoms. The molecule has 74 valence electrons. The highest BCUT2D eigenvalue weighted by molar-refractivity contribution is 5.20. The third kappa shape index (κ3) is 2.68. The van der Waals surface area contributed by atoms with Crippen molar-refractivity contribution in [2.24, 2.45) is 0 Å². The van der Waals surface area contributed by atoms with Crippen LogP contribution in [0.1, 0.15) is 12.0 Å². The van der Waals surface area contributed by atoms with Gasteiger partial charge in [0.15, 0.2) is 0 Å². The van der Waals surface area contributed by atoms with Crippen LogP contribution in [0.3, 0.4) is 0 Å². The number of alkyl halides is 2. The lowest BCUT2D eigenvalue weighted by molar-refractivity contribution is 0.129. The van der Waals surface area contributed by atoms with E-state index >= 15 is 0 Å². The predicted octanol–water partition coefficient (Wildman–Crippen LogP) is 1.86. The first-order valence-corrected chi connectivity index (χ1v) is 3.99. The molecule has 0 aliphatic carbocycles. The van der Waals surface area contributed by atoms with Crippen LogP contribution in [0.2, 0.25) is 0 Å². The van der Waals surface area contributed by atoms with E-state index in [4.69, 9.17) is 4.74 Å². The second-order valence-electron chi connectivity index (χ2n) is 2.76. The van der Waals surface area contributed by atoms with Crippen LogP contribution in [0.15, 0.2) is 6.20 Å². The van der Waals surface area contributed by atoms with Gasteiger partial charge in [-0.3, -0.25) is 4.68 Å². The normalized spacial score (nSPS) is 10.8. The second-order valence-corrected chi connectivity index (χ2v) is 2.76. The summed E-state index contributed by atoms with van der Waals surface area (Å²) in [6.45, 7) is 2.05. The molecule has 1 rings (SSSR count). The van der Waals surface area contributed by atoms with Crippen molar-refractivity contribution in [1.82, 2.24) is 9.78 Å². The van der Waals surface area contributed by atoms with Crippen LogP contribution >= 0.6 is 0 Å². The van der Waals surface area contributed by atoms with Crippen molar-refractivity contribution in [3.05, 3.63) is 11.8 Å². The molecule has 0 saturated heterocycles. The van der Waals surface area contributed by atoms with Crippen LogP contribution in [0.5, 0.6) is 5.88 Å². The number of rotatable bonds is 4. The number of ether oxygens (including phenoxy) is 1. The lowest BCUT2D eigenvalue weighted by Crippen LogP contribution is -2.03. The fraction of sp³-hybridized carbons (Fsp3) is 0.625. The zero-order valence-electron chi connectivity index (χ0n) is 7.63. The summed E-state index contributed by atoms with van der Waals surface area (Å²) in [5.41, 5.74) is 0.858. The third-order valence-corrected chi connectivity index (χ3v) is 1.67. The number of nitrogens with zero attached hydrogens (tertiary/aromatic N) is 2. The summed E-state index contributed by atoms with van der Waals surface area (Å²) in [5, 5.41) is 3.96. The first kappa shape index (κ1) is 9.95. The first-order chi connectivity index (χ1) is 6.13. The number of hydrogen-bond acceptors (Lipinski definition) is 2. The topological polar surface area (TPSA) is 27.1 Å². The van der Waals surface area contributed by atoms with Gasteiger partial charge in [-0.05, 0) is 6.92 Å². The van der Waals surface area contributed by atoms with E-state index in [1.165, 1.54) is 11.8 Å². The highest BCUT2D eigenvalue weighted by Gasteiger charge is 2.07. The molecule has 0 saturated carbocycles. The zero-order valence-corrected chi connectivity index (χ0v) is 7.63. The van der Waals surface area contributed by atoms with Gasteiger partial charge >= 0.3 is 0 Å². The molecule has 0 aliphatic rings. The molecule has 0 aromatic carbocycles. The molecule has 3 nitrogen and oxygen atoms in total. The van der Waals surface area contributed by atoms with Crippen LogP contribution < -0.4 is 4.74 Å². The first-order valence-electron chi connectivity index (χ1n) is 3.99. The van der Waals surface area contributed by atoms with Gasteiger partial charge in [0.25, 0.3) is 0 Å². The Morgan fingerprint density at radius 1 is 1.62 bits per heavy atom. The Kier molecular flexibility index (Phi) is 3.22. The number of methoxy groups -OCH3 is 1. The van der Waals surface area contributed by atoms with Gasteiger partial charge in [-0.25, -0.2) is 8.78 Å². The minimum Gasteiger partial charge on any atom is -0.480 e. The van der Waals surface area contributed by atoms with Crippen LogP contribution in [0.4, 0.5) is 8.78 Å². The van der Waals surface area contributed by atoms with Crippen LogP contribution in [0.25, 0.3) is 0 Å². The molecule has 0 fully saturated rings. The van der Waals surface area contributed by atoms with E-state index in [9.17, 15) is 8.78 Å². The molecular formula is C8H12F2N2O. The van der Waals surface area contributed by atoms with E-state index in [-0.39, 0.29) is 13.0 Å². The van der Waals surface area contributed by atoms with Crippen molar-refractivity contribution in [2.75, 3.05) is 7.11 Å². The van der Waals surface area contributed by atoms with Crippen LogP contribution in [-0.4, -0.2) is 23.3 Å². The lowest BCUT2D eigenvalue weighted by Gasteiger charge is -1.99. The Morgan fingerprint density at radius 3 is 2.77 bits per heavy atom. The van der Waals surface area contributed by atoms with Gasteiger partial charge in [-0.2, -0.15) is 0 Å². The van der Waals surface area contributed by atoms with Gasteiger partial charge in [0, 0.05) is 24.7 Å². The lowest BCUT2D eigenvalue weighted by atomic mass is 10.4. The summed E-state index contributed by atoms with van der Waals surface area (Å²) < 4.78 is 30.1. The average Bonchev–Trinajstić information content (AvgIpc) is 2.43. The number of aromatic nitrogens is 2. The third-order valence-electron chi connectivity index (χ3n) is 1.67. The SMILES string of the molecule is COc1nn(CCC(F)F)cc1C. The summed E-state index contributed by atoms with van der Waals surface area (Å²) in [7, 11) is 1.51. The van der Waals surface area contributed by atoms with Gasteiger partial charge in [0.1, 0.15) is 0 Å². The van der Waals surface area contributed by atoms with Gasteiger partial charge in [-0.15, -0.1) is 5.10 Å². The van der Waals surface area contributed by atoms with Gasteiger partial charge in [-0.1, -0.05) is 0 Å². The standard InChI is InChI=1S/C8H12F2N2O/c1-6-5-12(4-3-7(9)10)11-8(6)13-2/h5,7H,3-4H2,1-2H3. The quantitative estimate of drug-likeness (QED) is 0.724. The molecule has 1 aromatic heterocycles. The van der Waals surface area contributed by atoms with Crippen LogP contribution in [-0.2, 0) is 6.54 Å². The molecule has 1 heterocycles. The van der Waals surface area contributed by atoms with Crippen LogP contribution in [0, 0.1) is 6.92 Å². The zero-order chi connectivity index (χ0) is 9.84. The molecule has 0 spiro atoms. The predicted molar refractivity (Wildman–Crippen MR) is 44.1 cm³/mol. The summed E-state index contributed by atoms with van der Waals surface area (Å²) in [4.78, 5) is 0. The van der Waals surface area contributed by atoms with Crippen molar-refractivity contribution in [3.8, 4) is 5.88 Å². The van der Waals surface area contributed by atoms with Crippen molar-refractivity contribution >= 4 is 0 Å². The fourth-order valence-corrected chi connectivity index (χ4v) is 1.05. The van der Waals surface area contributed by atoms with E-state index in [0.717, 1.165) is 5.56 Å². The maximum Gasteiger partial charge on any atom is 0.240 e. The van der Waals surface area contributed by atoms with E-state index in [1.54, 1.807) is 6.20 Å². The Morgan fingerprint density at radius 2 is 2.31 bits per heavy atom. The van der Waals surface area contributed by atoms with Gasteiger partial charge in [0.2, 0.25) is 12.3 Å². The van der Waals surface area contributed by atoms with Gasteiger partial charge in [0.05, 0.1) is 7.11 Å². The number of aryl methyl sites for hydroxylation is 2. The van der Waals surface area contributed by atoms with Crippen molar-refractivity contribution in [1.29, 1.82) is 0 Å². The molecular weight excluding hydrogens is 178 g/mol. The minimum absolute atomic E-state index is 0.176. The average molecular weight is 190 g/mol. The summed E-state index contributed by atoms with van der Waals surface area (Å²) >= 11 is 0. The number of halogens is 2. The maximum atomic E-state index is 11.8. The van der Waals surface area contributed by atoms with E-state index in [1.807, 2.05) is 6.92 Å². The van der Waals surface area contributed by atoms with Gasteiger partial charge < -0.3 is 4.74 Å². The second kappa shape index (κ2) is 4.20. The number of hydrogen-bond donors (Lipinski definition) is 0. The van der Waals surface area contributed by atoms with E-state index < -0.39 is 6.43 Å². The molecule has 0 N–H and O–H groups in total. The molecule has 0 amide bonds. The summed E-state index contributed by atoms with van der Waals surface area (Å²) in [6, 6.07) is 0. The van der Waals surface area contributed by atoms with Crippen molar-refractivity contribution in [3.63, 3.8) is 0 Å². The molecule has 0 bridgehead atoms. The Labute approximate surface area is 75.3 Å². The molecule has 0 radical (unpaired) electrons. The monoisotopic (exact) mass is 190 g/mol. The minimum atomic E-state index is -2.28. The molecule has 0 atom stereocenters. The summed E-state index contributed by atoms with van der Waals surface area (Å²) in [6.07, 6.45) is -0.763. The Bertz CT molecular complexity index is 273. The highest BCUT2D eigenvalue weighted by atomic mass is 19.3. The molecule has 1 aromatic rings. The Balaban J connectivity index is 2.57.